The Morgan fingerprint density at radius 1 is 1.20 bits per heavy atom. The van der Waals surface area contributed by atoms with Crippen LogP contribution in [0.15, 0.2) is 35.7 Å². The van der Waals surface area contributed by atoms with Gasteiger partial charge in [0.25, 0.3) is 0 Å². The van der Waals surface area contributed by atoms with Gasteiger partial charge >= 0.3 is 0 Å². The van der Waals surface area contributed by atoms with Gasteiger partial charge in [0, 0.05) is 11.8 Å². The first-order valence-corrected chi connectivity index (χ1v) is 5.65. The molecule has 0 unspecified atom stereocenters. The summed E-state index contributed by atoms with van der Waals surface area (Å²) in [6.07, 6.45) is 1.90. The van der Waals surface area contributed by atoms with E-state index in [-0.39, 0.29) is 0 Å². The fourth-order valence-corrected chi connectivity index (χ4v) is 2.10. The van der Waals surface area contributed by atoms with Crippen molar-refractivity contribution < 1.29 is 0 Å². The molecular weight excluding hydrogens is 204 g/mol. The van der Waals surface area contributed by atoms with Gasteiger partial charge in [-0.15, -0.1) is 11.3 Å². The Labute approximate surface area is 92.8 Å². The number of nitriles is 1. The van der Waals surface area contributed by atoms with Gasteiger partial charge in [0.05, 0.1) is 5.01 Å². The van der Waals surface area contributed by atoms with E-state index in [4.69, 9.17) is 5.26 Å². The van der Waals surface area contributed by atoms with Gasteiger partial charge in [-0.05, 0) is 12.0 Å². The third kappa shape index (κ3) is 2.64. The Bertz CT molecular complexity index is 468. The lowest BCUT2D eigenvalue weighted by Gasteiger charge is -1.97. The van der Waals surface area contributed by atoms with Crippen LogP contribution in [0.25, 0.3) is 0 Å². The molecule has 0 saturated carbocycles. The highest BCUT2D eigenvalue weighted by Gasteiger charge is 2.01. The number of hydrogen-bond acceptors (Lipinski definition) is 3. The van der Waals surface area contributed by atoms with Gasteiger partial charge in [-0.1, -0.05) is 30.3 Å². The zero-order valence-electron chi connectivity index (χ0n) is 8.18. The minimum atomic E-state index is 0.531. The SMILES string of the molecule is N#Cc1csc(CCc2ccccc2)n1. The van der Waals surface area contributed by atoms with Crippen molar-refractivity contribution in [2.45, 2.75) is 12.8 Å². The number of nitrogens with zero attached hydrogens (tertiary/aromatic N) is 2. The molecule has 2 aromatic rings. The lowest BCUT2D eigenvalue weighted by molar-refractivity contribution is 0.941. The lowest BCUT2D eigenvalue weighted by Crippen LogP contribution is -1.90. The third-order valence-electron chi connectivity index (χ3n) is 2.14. The molecule has 1 aromatic carbocycles. The second kappa shape index (κ2) is 4.72. The molecule has 1 heterocycles. The van der Waals surface area contributed by atoms with Gasteiger partial charge in [-0.3, -0.25) is 0 Å². The normalized spacial score (nSPS) is 9.80. The van der Waals surface area contributed by atoms with Crippen molar-refractivity contribution >= 4 is 11.3 Å². The maximum absolute atomic E-state index is 8.63. The molecule has 0 spiro atoms. The van der Waals surface area contributed by atoms with E-state index in [9.17, 15) is 0 Å². The lowest BCUT2D eigenvalue weighted by atomic mass is 10.1. The molecule has 2 rings (SSSR count). The van der Waals surface area contributed by atoms with Crippen LogP contribution in [0.2, 0.25) is 0 Å². The van der Waals surface area contributed by atoms with Crippen molar-refractivity contribution in [3.8, 4) is 6.07 Å². The number of thiazole rings is 1. The Morgan fingerprint density at radius 3 is 2.67 bits per heavy atom. The molecule has 0 atom stereocenters. The summed E-state index contributed by atoms with van der Waals surface area (Å²) in [6, 6.07) is 12.4. The maximum Gasteiger partial charge on any atom is 0.151 e. The predicted octanol–water partition coefficient (Wildman–Crippen LogP) is 2.80. The van der Waals surface area contributed by atoms with Crippen molar-refractivity contribution in [2.75, 3.05) is 0 Å². The molecule has 0 aliphatic rings. The second-order valence-electron chi connectivity index (χ2n) is 3.22. The summed E-state index contributed by atoms with van der Waals surface area (Å²) in [4.78, 5) is 4.20. The zero-order chi connectivity index (χ0) is 10.5. The van der Waals surface area contributed by atoms with Crippen molar-refractivity contribution in [1.82, 2.24) is 4.98 Å². The van der Waals surface area contributed by atoms with Crippen LogP contribution in [0, 0.1) is 11.3 Å². The highest BCUT2D eigenvalue weighted by atomic mass is 32.1. The summed E-state index contributed by atoms with van der Waals surface area (Å²) in [5.74, 6) is 0. The molecule has 0 saturated heterocycles. The van der Waals surface area contributed by atoms with Crippen LogP contribution in [-0.2, 0) is 12.8 Å². The second-order valence-corrected chi connectivity index (χ2v) is 4.17. The number of benzene rings is 1. The topological polar surface area (TPSA) is 36.7 Å². The first-order valence-electron chi connectivity index (χ1n) is 4.77. The zero-order valence-corrected chi connectivity index (χ0v) is 9.00. The van der Waals surface area contributed by atoms with E-state index in [1.807, 2.05) is 24.3 Å². The van der Waals surface area contributed by atoms with Gasteiger partial charge in [0.15, 0.2) is 5.69 Å². The first kappa shape index (κ1) is 9.88. The molecule has 1 aromatic heterocycles. The molecule has 0 fully saturated rings. The number of rotatable bonds is 3. The Hall–Kier alpha value is -1.66. The predicted molar refractivity (Wildman–Crippen MR) is 60.7 cm³/mol. The van der Waals surface area contributed by atoms with Gasteiger partial charge in [0.2, 0.25) is 0 Å². The van der Waals surface area contributed by atoms with Crippen LogP contribution < -0.4 is 0 Å². The van der Waals surface area contributed by atoms with E-state index in [0.29, 0.717) is 5.69 Å². The molecule has 0 amide bonds. The average molecular weight is 214 g/mol. The van der Waals surface area contributed by atoms with Gasteiger partial charge in [0.1, 0.15) is 6.07 Å². The van der Waals surface area contributed by atoms with Crippen LogP contribution in [0.4, 0.5) is 0 Å². The molecule has 0 bridgehead atoms. The molecule has 3 heteroatoms. The summed E-state index contributed by atoms with van der Waals surface area (Å²) in [6.45, 7) is 0. The largest absolute Gasteiger partial charge is 0.231 e. The van der Waals surface area contributed by atoms with Crippen molar-refractivity contribution in [2.24, 2.45) is 0 Å². The van der Waals surface area contributed by atoms with Crippen LogP contribution >= 0.6 is 11.3 Å². The van der Waals surface area contributed by atoms with E-state index in [0.717, 1.165) is 17.8 Å². The van der Waals surface area contributed by atoms with Gasteiger partial charge < -0.3 is 0 Å². The van der Waals surface area contributed by atoms with Crippen molar-refractivity contribution in [3.63, 3.8) is 0 Å². The van der Waals surface area contributed by atoms with Crippen LogP contribution in [-0.4, -0.2) is 4.98 Å². The average Bonchev–Trinajstić information content (AvgIpc) is 2.76. The van der Waals surface area contributed by atoms with Gasteiger partial charge in [-0.2, -0.15) is 5.26 Å². The van der Waals surface area contributed by atoms with E-state index in [1.165, 1.54) is 5.56 Å². The standard InChI is InChI=1S/C12H10N2S/c13-8-11-9-15-12(14-11)7-6-10-4-2-1-3-5-10/h1-5,9H,6-7H2. The molecule has 2 nitrogen and oxygen atoms in total. The quantitative estimate of drug-likeness (QED) is 0.787. The van der Waals surface area contributed by atoms with Crippen LogP contribution in [0.5, 0.6) is 0 Å². The monoisotopic (exact) mass is 214 g/mol. The third-order valence-corrected chi connectivity index (χ3v) is 3.05. The smallest absolute Gasteiger partial charge is 0.151 e. The summed E-state index contributed by atoms with van der Waals surface area (Å²) < 4.78 is 0. The summed E-state index contributed by atoms with van der Waals surface area (Å²) in [5, 5.41) is 11.5. The molecule has 0 aliphatic carbocycles. The van der Waals surface area contributed by atoms with Gasteiger partial charge in [-0.25, -0.2) is 4.98 Å². The molecule has 0 aliphatic heterocycles. The van der Waals surface area contributed by atoms with E-state index in [2.05, 4.69) is 17.1 Å². The van der Waals surface area contributed by atoms with Crippen LogP contribution in [0.3, 0.4) is 0 Å². The van der Waals surface area contributed by atoms with E-state index < -0.39 is 0 Å². The molecule has 0 radical (unpaired) electrons. The summed E-state index contributed by atoms with van der Waals surface area (Å²) in [7, 11) is 0. The van der Waals surface area contributed by atoms with Crippen LogP contribution in [0.1, 0.15) is 16.3 Å². The van der Waals surface area contributed by atoms with Crippen molar-refractivity contribution in [3.05, 3.63) is 52.0 Å². The summed E-state index contributed by atoms with van der Waals surface area (Å²) >= 11 is 1.56. The number of aryl methyl sites for hydroxylation is 2. The number of aromatic nitrogens is 1. The highest BCUT2D eigenvalue weighted by Crippen LogP contribution is 2.12. The summed E-state index contributed by atoms with van der Waals surface area (Å²) in [5.41, 5.74) is 1.84. The molecule has 15 heavy (non-hydrogen) atoms. The fourth-order valence-electron chi connectivity index (χ4n) is 1.37. The molecular formula is C12H10N2S. The fraction of sp³-hybridized carbons (Fsp3) is 0.167. The minimum Gasteiger partial charge on any atom is -0.231 e. The van der Waals surface area contributed by atoms with E-state index in [1.54, 1.807) is 16.7 Å². The van der Waals surface area contributed by atoms with E-state index >= 15 is 0 Å². The molecule has 74 valence electrons. The molecule has 0 N–H and O–H groups in total. The Morgan fingerprint density at radius 2 is 2.00 bits per heavy atom. The minimum absolute atomic E-state index is 0.531. The first-order chi connectivity index (χ1) is 7.38. The Kier molecular flexibility index (Phi) is 3.11. The maximum atomic E-state index is 8.63. The van der Waals surface area contributed by atoms with Crippen molar-refractivity contribution in [1.29, 1.82) is 5.26 Å². The highest BCUT2D eigenvalue weighted by molar-refractivity contribution is 7.09. The Balaban J connectivity index is 1.97. The number of hydrogen-bond donors (Lipinski definition) is 0.